The molecule has 9 nitrogen and oxygen atoms in total. The second kappa shape index (κ2) is 6.74. The maximum absolute atomic E-state index is 12.7. The Morgan fingerprint density at radius 3 is 2.71 bits per heavy atom. The summed E-state index contributed by atoms with van der Waals surface area (Å²) < 4.78 is 1.73. The van der Waals surface area contributed by atoms with Crippen LogP contribution < -0.4 is 10.5 Å². The summed E-state index contributed by atoms with van der Waals surface area (Å²) >= 11 is 0. The number of anilines is 1. The molecule has 0 radical (unpaired) electrons. The maximum atomic E-state index is 12.7. The minimum absolute atomic E-state index is 0.0338. The number of nitrogens with zero attached hydrogens (tertiary/aromatic N) is 6. The SMILES string of the molecule is O=C(c1cn[nH]n1)N1CCN(c2ccc3c(=O)n(CC4CC4)cnc3c2)CC1. The number of benzene rings is 1. The molecule has 1 aromatic carbocycles. The number of aromatic nitrogens is 5. The Labute approximate surface area is 161 Å². The van der Waals surface area contributed by atoms with Crippen LogP contribution in [0.25, 0.3) is 10.9 Å². The highest BCUT2D eigenvalue weighted by atomic mass is 16.2. The number of amides is 1. The van der Waals surface area contributed by atoms with Crippen molar-refractivity contribution in [3.05, 3.63) is 46.8 Å². The first-order chi connectivity index (χ1) is 13.7. The molecule has 1 aliphatic carbocycles. The number of H-pyrrole nitrogens is 1. The van der Waals surface area contributed by atoms with Gasteiger partial charge >= 0.3 is 0 Å². The fraction of sp³-hybridized carbons (Fsp3) is 0.421. The molecular weight excluding hydrogens is 358 g/mol. The molecule has 1 saturated heterocycles. The lowest BCUT2D eigenvalue weighted by Crippen LogP contribution is -2.48. The molecule has 144 valence electrons. The standard InChI is InChI=1S/C19H21N7O2/c27-18-15-4-3-14(9-16(15)20-12-26(18)11-13-1-2-13)24-5-7-25(8-6-24)19(28)17-10-21-23-22-17/h3-4,9-10,12-13H,1-2,5-8,11H2,(H,21,22,23). The van der Waals surface area contributed by atoms with Crippen molar-refractivity contribution < 1.29 is 4.79 Å². The van der Waals surface area contributed by atoms with E-state index >= 15 is 0 Å². The fourth-order valence-electron chi connectivity index (χ4n) is 3.69. The molecule has 1 amide bonds. The van der Waals surface area contributed by atoms with Crippen LogP contribution in [-0.2, 0) is 6.54 Å². The summed E-state index contributed by atoms with van der Waals surface area (Å²) in [5, 5.41) is 10.7. The Balaban J connectivity index is 1.31. The number of rotatable bonds is 4. The number of hydrogen-bond donors (Lipinski definition) is 1. The van der Waals surface area contributed by atoms with Crippen LogP contribution >= 0.6 is 0 Å². The van der Waals surface area contributed by atoms with Crippen LogP contribution in [0.2, 0.25) is 0 Å². The van der Waals surface area contributed by atoms with E-state index in [9.17, 15) is 9.59 Å². The molecule has 0 unspecified atom stereocenters. The fourth-order valence-corrected chi connectivity index (χ4v) is 3.69. The molecule has 1 saturated carbocycles. The van der Waals surface area contributed by atoms with Crippen molar-refractivity contribution >= 4 is 22.5 Å². The lowest BCUT2D eigenvalue weighted by Gasteiger charge is -2.35. The maximum Gasteiger partial charge on any atom is 0.276 e. The minimum atomic E-state index is -0.107. The van der Waals surface area contributed by atoms with E-state index in [4.69, 9.17) is 0 Å². The molecule has 3 aromatic rings. The van der Waals surface area contributed by atoms with Crippen molar-refractivity contribution in [2.24, 2.45) is 5.92 Å². The van der Waals surface area contributed by atoms with Crippen molar-refractivity contribution in [3.63, 3.8) is 0 Å². The van der Waals surface area contributed by atoms with E-state index in [0.29, 0.717) is 43.2 Å². The highest BCUT2D eigenvalue weighted by Crippen LogP contribution is 2.30. The number of carbonyl (C=O) groups excluding carboxylic acids is 1. The molecule has 3 heterocycles. The molecule has 0 atom stereocenters. The molecule has 0 bridgehead atoms. The molecule has 0 spiro atoms. The van der Waals surface area contributed by atoms with Gasteiger partial charge in [0.15, 0.2) is 5.69 Å². The molecule has 2 aromatic heterocycles. The predicted octanol–water partition coefficient (Wildman–Crippen LogP) is 0.887. The average Bonchev–Trinajstić information content (AvgIpc) is 3.38. The van der Waals surface area contributed by atoms with Crippen LogP contribution in [0.5, 0.6) is 0 Å². The van der Waals surface area contributed by atoms with Gasteiger partial charge in [-0.3, -0.25) is 14.2 Å². The summed E-state index contributed by atoms with van der Waals surface area (Å²) in [7, 11) is 0. The van der Waals surface area contributed by atoms with Gasteiger partial charge in [0, 0.05) is 38.4 Å². The van der Waals surface area contributed by atoms with Crippen LogP contribution in [0.3, 0.4) is 0 Å². The second-order valence-electron chi connectivity index (χ2n) is 7.48. The number of piperazine rings is 1. The van der Waals surface area contributed by atoms with Gasteiger partial charge in [-0.1, -0.05) is 0 Å². The Morgan fingerprint density at radius 2 is 2.00 bits per heavy atom. The summed E-state index contributed by atoms with van der Waals surface area (Å²) in [5.74, 6) is 0.525. The normalized spacial score (nSPS) is 17.3. The Morgan fingerprint density at radius 1 is 1.18 bits per heavy atom. The van der Waals surface area contributed by atoms with Crippen LogP contribution in [0, 0.1) is 5.92 Å². The van der Waals surface area contributed by atoms with Crippen LogP contribution in [0.15, 0.2) is 35.5 Å². The van der Waals surface area contributed by atoms with E-state index in [0.717, 1.165) is 17.7 Å². The van der Waals surface area contributed by atoms with Gasteiger partial charge < -0.3 is 9.80 Å². The number of fused-ring (bicyclic) bond motifs is 1. The predicted molar refractivity (Wildman–Crippen MR) is 103 cm³/mol. The molecule has 1 N–H and O–H groups in total. The van der Waals surface area contributed by atoms with Gasteiger partial charge in [-0.05, 0) is 37.0 Å². The Hall–Kier alpha value is -3.23. The van der Waals surface area contributed by atoms with Crippen molar-refractivity contribution in [3.8, 4) is 0 Å². The Bertz CT molecular complexity index is 1060. The molecule has 2 aliphatic rings. The van der Waals surface area contributed by atoms with Crippen LogP contribution in [0.1, 0.15) is 23.3 Å². The lowest BCUT2D eigenvalue weighted by atomic mass is 10.2. The van der Waals surface area contributed by atoms with Gasteiger partial charge in [-0.15, -0.1) is 0 Å². The first-order valence-electron chi connectivity index (χ1n) is 9.58. The smallest absolute Gasteiger partial charge is 0.276 e. The van der Waals surface area contributed by atoms with E-state index in [1.807, 2.05) is 18.2 Å². The van der Waals surface area contributed by atoms with E-state index < -0.39 is 0 Å². The molecular formula is C19H21N7O2. The van der Waals surface area contributed by atoms with Crippen molar-refractivity contribution in [1.29, 1.82) is 0 Å². The van der Waals surface area contributed by atoms with E-state index in [1.165, 1.54) is 19.0 Å². The molecule has 1 aliphatic heterocycles. The minimum Gasteiger partial charge on any atom is -0.368 e. The summed E-state index contributed by atoms with van der Waals surface area (Å²) in [4.78, 5) is 33.5. The van der Waals surface area contributed by atoms with Gasteiger partial charge in [-0.25, -0.2) is 4.98 Å². The third kappa shape index (κ3) is 3.12. The summed E-state index contributed by atoms with van der Waals surface area (Å²) in [5.41, 5.74) is 2.11. The largest absolute Gasteiger partial charge is 0.368 e. The van der Waals surface area contributed by atoms with Crippen LogP contribution in [0.4, 0.5) is 5.69 Å². The second-order valence-corrected chi connectivity index (χ2v) is 7.48. The number of carbonyl (C=O) groups is 1. The van der Waals surface area contributed by atoms with Crippen molar-refractivity contribution in [1.82, 2.24) is 29.9 Å². The number of nitrogens with one attached hydrogen (secondary N) is 1. The van der Waals surface area contributed by atoms with Crippen molar-refractivity contribution in [2.45, 2.75) is 19.4 Å². The van der Waals surface area contributed by atoms with Gasteiger partial charge in [-0.2, -0.15) is 15.4 Å². The van der Waals surface area contributed by atoms with Gasteiger partial charge in [0.2, 0.25) is 0 Å². The first-order valence-corrected chi connectivity index (χ1v) is 9.58. The van der Waals surface area contributed by atoms with Gasteiger partial charge in [0.25, 0.3) is 11.5 Å². The molecule has 9 heteroatoms. The highest BCUT2D eigenvalue weighted by Gasteiger charge is 2.25. The summed E-state index contributed by atoms with van der Waals surface area (Å²) in [6.45, 7) is 3.42. The molecule has 28 heavy (non-hydrogen) atoms. The first kappa shape index (κ1) is 16.9. The van der Waals surface area contributed by atoms with Gasteiger partial charge in [0.1, 0.15) is 0 Å². The van der Waals surface area contributed by atoms with Crippen molar-refractivity contribution in [2.75, 3.05) is 31.1 Å². The van der Waals surface area contributed by atoms with Crippen LogP contribution in [-0.4, -0.2) is 61.9 Å². The highest BCUT2D eigenvalue weighted by molar-refractivity contribution is 5.92. The monoisotopic (exact) mass is 379 g/mol. The quantitative estimate of drug-likeness (QED) is 0.723. The summed E-state index contributed by atoms with van der Waals surface area (Å²) in [6, 6.07) is 5.81. The Kier molecular flexibility index (Phi) is 4.07. The van der Waals surface area contributed by atoms with E-state index in [1.54, 1.807) is 15.8 Å². The zero-order valence-corrected chi connectivity index (χ0v) is 15.4. The third-order valence-electron chi connectivity index (χ3n) is 5.53. The molecule has 2 fully saturated rings. The van der Waals surface area contributed by atoms with E-state index in [2.05, 4.69) is 25.3 Å². The van der Waals surface area contributed by atoms with Gasteiger partial charge in [0.05, 0.1) is 23.4 Å². The third-order valence-corrected chi connectivity index (χ3v) is 5.53. The molecule has 5 rings (SSSR count). The number of aromatic amines is 1. The topological polar surface area (TPSA) is 100 Å². The average molecular weight is 379 g/mol. The zero-order chi connectivity index (χ0) is 19.1. The number of hydrogen-bond acceptors (Lipinski definition) is 6. The van der Waals surface area contributed by atoms with E-state index in [-0.39, 0.29) is 11.5 Å². The lowest BCUT2D eigenvalue weighted by molar-refractivity contribution is 0.0741. The summed E-state index contributed by atoms with van der Waals surface area (Å²) in [6.07, 6.45) is 5.52. The zero-order valence-electron chi connectivity index (χ0n) is 15.4.